The van der Waals surface area contributed by atoms with Crippen LogP contribution >= 0.6 is 12.2 Å². The quantitative estimate of drug-likeness (QED) is 0.665. The molecule has 0 aliphatic rings. The third kappa shape index (κ3) is 5.85. The van der Waals surface area contributed by atoms with Crippen LogP contribution in [-0.4, -0.2) is 17.6 Å². The van der Waals surface area contributed by atoms with E-state index in [1.807, 2.05) is 25.1 Å². The lowest BCUT2D eigenvalue weighted by atomic mass is 9.99. The summed E-state index contributed by atoms with van der Waals surface area (Å²) in [5.41, 5.74) is 2.65. The number of hydrogen-bond acceptors (Lipinski definition) is 3. The fourth-order valence-electron chi connectivity index (χ4n) is 2.42. The average molecular weight is 371 g/mol. The average Bonchev–Trinajstić information content (AvgIpc) is 2.66. The molecule has 0 aromatic heterocycles. The van der Waals surface area contributed by atoms with Crippen LogP contribution < -0.4 is 15.4 Å². The molecule has 0 bridgehead atoms. The zero-order valence-electron chi connectivity index (χ0n) is 15.5. The smallest absolute Gasteiger partial charge is 0.257 e. The number of anilines is 1. The third-order valence-corrected chi connectivity index (χ3v) is 4.35. The molecule has 0 unspecified atom stereocenters. The molecule has 26 heavy (non-hydrogen) atoms. The summed E-state index contributed by atoms with van der Waals surface area (Å²) in [6.45, 7) is 7.03. The SMILES string of the molecule is CCCOc1cccc(C(=O)NC(=S)Nc2ccc([C@H](C)CC)cc2)c1. The molecule has 2 N–H and O–H groups in total. The molecule has 138 valence electrons. The lowest BCUT2D eigenvalue weighted by molar-refractivity contribution is 0.0977. The first kappa shape index (κ1) is 19.9. The van der Waals surface area contributed by atoms with E-state index in [9.17, 15) is 4.79 Å². The molecule has 0 aliphatic carbocycles. The first-order valence-corrected chi connectivity index (χ1v) is 9.39. The topological polar surface area (TPSA) is 50.4 Å². The maximum absolute atomic E-state index is 12.4. The van der Waals surface area contributed by atoms with Crippen LogP contribution in [0.3, 0.4) is 0 Å². The van der Waals surface area contributed by atoms with Crippen molar-refractivity contribution in [2.45, 2.75) is 39.5 Å². The van der Waals surface area contributed by atoms with Crippen LogP contribution in [-0.2, 0) is 0 Å². The van der Waals surface area contributed by atoms with Gasteiger partial charge in [-0.3, -0.25) is 10.1 Å². The van der Waals surface area contributed by atoms with Crippen molar-refractivity contribution in [3.63, 3.8) is 0 Å². The molecule has 0 heterocycles. The zero-order chi connectivity index (χ0) is 18.9. The number of carbonyl (C=O) groups excluding carboxylic acids is 1. The van der Waals surface area contributed by atoms with E-state index in [2.05, 4.69) is 36.6 Å². The van der Waals surface area contributed by atoms with Crippen molar-refractivity contribution in [3.8, 4) is 5.75 Å². The summed E-state index contributed by atoms with van der Waals surface area (Å²) in [5.74, 6) is 0.942. The van der Waals surface area contributed by atoms with Gasteiger partial charge in [-0.15, -0.1) is 0 Å². The van der Waals surface area contributed by atoms with E-state index >= 15 is 0 Å². The molecule has 4 nitrogen and oxygen atoms in total. The Morgan fingerprint density at radius 1 is 1.15 bits per heavy atom. The van der Waals surface area contributed by atoms with Gasteiger partial charge >= 0.3 is 0 Å². The summed E-state index contributed by atoms with van der Waals surface area (Å²) >= 11 is 5.25. The van der Waals surface area contributed by atoms with E-state index in [1.165, 1.54) is 5.56 Å². The van der Waals surface area contributed by atoms with Crippen LogP contribution in [0.2, 0.25) is 0 Å². The molecule has 2 rings (SSSR count). The molecule has 0 radical (unpaired) electrons. The van der Waals surface area contributed by atoms with Crippen molar-refractivity contribution >= 4 is 28.9 Å². The first-order chi connectivity index (χ1) is 12.5. The molecule has 0 spiro atoms. The number of ether oxygens (including phenoxy) is 1. The number of carbonyl (C=O) groups is 1. The van der Waals surface area contributed by atoms with Crippen LogP contribution in [0.5, 0.6) is 5.75 Å². The van der Waals surface area contributed by atoms with Gasteiger partial charge in [-0.1, -0.05) is 39.0 Å². The fraction of sp³-hybridized carbons (Fsp3) is 0.333. The van der Waals surface area contributed by atoms with E-state index in [0.29, 0.717) is 23.8 Å². The second kappa shape index (κ2) is 9.92. The third-order valence-electron chi connectivity index (χ3n) is 4.15. The highest BCUT2D eigenvalue weighted by Crippen LogP contribution is 2.20. The van der Waals surface area contributed by atoms with Crippen LogP contribution in [0, 0.1) is 0 Å². The summed E-state index contributed by atoms with van der Waals surface area (Å²) in [5, 5.41) is 6.02. The van der Waals surface area contributed by atoms with Gasteiger partial charge in [-0.2, -0.15) is 0 Å². The Labute approximate surface area is 161 Å². The van der Waals surface area contributed by atoms with E-state index in [4.69, 9.17) is 17.0 Å². The number of benzene rings is 2. The van der Waals surface area contributed by atoms with Crippen molar-refractivity contribution in [1.29, 1.82) is 0 Å². The Morgan fingerprint density at radius 2 is 1.88 bits per heavy atom. The van der Waals surface area contributed by atoms with E-state index in [0.717, 1.165) is 18.5 Å². The van der Waals surface area contributed by atoms with Gasteiger partial charge in [0.1, 0.15) is 5.75 Å². The normalized spacial score (nSPS) is 11.5. The van der Waals surface area contributed by atoms with E-state index in [1.54, 1.807) is 18.2 Å². The molecule has 0 aliphatic heterocycles. The van der Waals surface area contributed by atoms with Crippen LogP contribution in [0.25, 0.3) is 0 Å². The molecule has 1 amide bonds. The van der Waals surface area contributed by atoms with Crippen LogP contribution in [0.15, 0.2) is 48.5 Å². The van der Waals surface area contributed by atoms with Gasteiger partial charge in [-0.05, 0) is 66.9 Å². The predicted octanol–water partition coefficient (Wildman–Crippen LogP) is 5.12. The first-order valence-electron chi connectivity index (χ1n) is 8.98. The van der Waals surface area contributed by atoms with Gasteiger partial charge in [-0.25, -0.2) is 0 Å². The molecule has 0 saturated heterocycles. The predicted molar refractivity (Wildman–Crippen MR) is 111 cm³/mol. The monoisotopic (exact) mass is 370 g/mol. The summed E-state index contributed by atoms with van der Waals surface area (Å²) in [7, 11) is 0. The van der Waals surface area contributed by atoms with Gasteiger partial charge < -0.3 is 10.1 Å². The number of hydrogen-bond donors (Lipinski definition) is 2. The highest BCUT2D eigenvalue weighted by molar-refractivity contribution is 7.80. The lowest BCUT2D eigenvalue weighted by Crippen LogP contribution is -2.34. The summed E-state index contributed by atoms with van der Waals surface area (Å²) in [4.78, 5) is 12.4. The number of rotatable bonds is 7. The summed E-state index contributed by atoms with van der Waals surface area (Å²) in [6.07, 6.45) is 2.02. The maximum Gasteiger partial charge on any atom is 0.257 e. The number of amides is 1. The van der Waals surface area contributed by atoms with E-state index in [-0.39, 0.29) is 11.0 Å². The number of thiocarbonyl (C=S) groups is 1. The maximum atomic E-state index is 12.4. The highest BCUT2D eigenvalue weighted by Gasteiger charge is 2.09. The van der Waals surface area contributed by atoms with Crippen molar-refractivity contribution in [1.82, 2.24) is 5.32 Å². The van der Waals surface area contributed by atoms with E-state index < -0.39 is 0 Å². The van der Waals surface area contributed by atoms with Crippen molar-refractivity contribution in [3.05, 3.63) is 59.7 Å². The van der Waals surface area contributed by atoms with Gasteiger partial charge in [0.15, 0.2) is 5.11 Å². The minimum Gasteiger partial charge on any atom is -0.494 e. The Hall–Kier alpha value is -2.40. The minimum atomic E-state index is -0.263. The number of nitrogens with one attached hydrogen (secondary N) is 2. The summed E-state index contributed by atoms with van der Waals surface area (Å²) in [6, 6.07) is 15.2. The molecule has 0 fully saturated rings. The van der Waals surface area contributed by atoms with Crippen molar-refractivity contribution in [2.24, 2.45) is 0 Å². The Morgan fingerprint density at radius 3 is 2.54 bits per heavy atom. The molecule has 2 aromatic rings. The van der Waals surface area contributed by atoms with Gasteiger partial charge in [0.2, 0.25) is 0 Å². The van der Waals surface area contributed by atoms with Crippen molar-refractivity contribution in [2.75, 3.05) is 11.9 Å². The Balaban J connectivity index is 1.93. The molecule has 5 heteroatoms. The Bertz CT molecular complexity index is 744. The standard InChI is InChI=1S/C21H26N2O2S/c1-4-13-25-19-8-6-7-17(14-19)20(24)23-21(26)22-18-11-9-16(10-12-18)15(3)5-2/h6-12,14-15H,4-5,13H2,1-3H3,(H2,22,23,24,26)/t15-/m1/s1. The molecule has 2 aromatic carbocycles. The lowest BCUT2D eigenvalue weighted by Gasteiger charge is -2.12. The fourth-order valence-corrected chi connectivity index (χ4v) is 2.63. The van der Waals surface area contributed by atoms with Crippen LogP contribution in [0.4, 0.5) is 5.69 Å². The molecule has 1 atom stereocenters. The van der Waals surface area contributed by atoms with Crippen LogP contribution in [0.1, 0.15) is 55.5 Å². The second-order valence-corrected chi connectivity index (χ2v) is 6.62. The summed E-state index contributed by atoms with van der Waals surface area (Å²) < 4.78 is 5.56. The minimum absolute atomic E-state index is 0.263. The molecule has 0 saturated carbocycles. The second-order valence-electron chi connectivity index (χ2n) is 6.22. The van der Waals surface area contributed by atoms with Gasteiger partial charge in [0, 0.05) is 11.3 Å². The molecular formula is C21H26N2O2S. The van der Waals surface area contributed by atoms with Crippen molar-refractivity contribution < 1.29 is 9.53 Å². The largest absolute Gasteiger partial charge is 0.494 e. The Kier molecular flexibility index (Phi) is 7.60. The van der Waals surface area contributed by atoms with Gasteiger partial charge in [0.25, 0.3) is 5.91 Å². The van der Waals surface area contributed by atoms with Gasteiger partial charge in [0.05, 0.1) is 6.61 Å². The zero-order valence-corrected chi connectivity index (χ0v) is 16.4. The highest BCUT2D eigenvalue weighted by atomic mass is 32.1. The molecular weight excluding hydrogens is 344 g/mol.